The first-order valence-electron chi connectivity index (χ1n) is 10.5. The van der Waals surface area contributed by atoms with Gasteiger partial charge in [-0.2, -0.15) is 4.98 Å². The van der Waals surface area contributed by atoms with E-state index in [-0.39, 0.29) is 22.8 Å². The second-order valence-corrected chi connectivity index (χ2v) is 9.57. The van der Waals surface area contributed by atoms with E-state index < -0.39 is 0 Å². The minimum Gasteiger partial charge on any atom is -0.342 e. The Kier molecular flexibility index (Phi) is 4.87. The number of nitrogens with zero attached hydrogens (tertiary/aromatic N) is 3. The van der Waals surface area contributed by atoms with Gasteiger partial charge >= 0.3 is 0 Å². The van der Waals surface area contributed by atoms with E-state index in [1.54, 1.807) is 6.07 Å². The summed E-state index contributed by atoms with van der Waals surface area (Å²) in [6.45, 7) is 5.65. The predicted molar refractivity (Wildman–Crippen MR) is 124 cm³/mol. The topological polar surface area (TPSA) is 55.2 Å². The standard InChI is InChI=1S/C24H23Cl2N3O2/c1-24(2)16-7-6-15(14-8-10-28(11-9-14)20(30)13-25)12-19(16)29-18-5-3-4-17(26)21(18)22(31)27-23(24)29/h3-7,12,14H,8-11,13H2,1-2H3. The Morgan fingerprint density at radius 1 is 1.19 bits per heavy atom. The first kappa shape index (κ1) is 20.5. The summed E-state index contributed by atoms with van der Waals surface area (Å²) in [4.78, 5) is 31.0. The highest BCUT2D eigenvalue weighted by molar-refractivity contribution is 6.35. The highest BCUT2D eigenvalue weighted by Crippen LogP contribution is 2.44. The molecule has 1 saturated heterocycles. The lowest BCUT2D eigenvalue weighted by molar-refractivity contribution is -0.129. The molecule has 0 spiro atoms. The molecule has 31 heavy (non-hydrogen) atoms. The lowest BCUT2D eigenvalue weighted by Crippen LogP contribution is -2.38. The van der Waals surface area contributed by atoms with Crippen molar-refractivity contribution in [3.8, 4) is 5.69 Å². The Bertz CT molecular complexity index is 1270. The molecule has 0 atom stereocenters. The number of aromatic nitrogens is 2. The smallest absolute Gasteiger partial charge is 0.282 e. The number of amides is 1. The summed E-state index contributed by atoms with van der Waals surface area (Å²) in [7, 11) is 0. The number of likely N-dealkylation sites (tertiary alicyclic amines) is 1. The van der Waals surface area contributed by atoms with Crippen molar-refractivity contribution in [3.63, 3.8) is 0 Å². The molecule has 0 radical (unpaired) electrons. The minimum absolute atomic E-state index is 0.00291. The van der Waals surface area contributed by atoms with Gasteiger partial charge in [-0.25, -0.2) is 0 Å². The second kappa shape index (κ2) is 7.35. The molecule has 3 heterocycles. The Balaban J connectivity index is 1.62. The Hall–Kier alpha value is -2.37. The van der Waals surface area contributed by atoms with Gasteiger partial charge < -0.3 is 4.90 Å². The van der Waals surface area contributed by atoms with Gasteiger partial charge in [0.05, 0.1) is 27.0 Å². The van der Waals surface area contributed by atoms with Crippen LogP contribution in [-0.4, -0.2) is 39.3 Å². The molecule has 5 rings (SSSR count). The van der Waals surface area contributed by atoms with Gasteiger partial charge in [0.15, 0.2) is 0 Å². The third-order valence-corrected chi connectivity index (χ3v) is 7.34. The molecule has 2 aliphatic heterocycles. The van der Waals surface area contributed by atoms with Crippen molar-refractivity contribution in [2.24, 2.45) is 0 Å². The number of alkyl halides is 1. The molecule has 0 unspecified atom stereocenters. The van der Waals surface area contributed by atoms with Crippen molar-refractivity contribution < 1.29 is 4.79 Å². The molecule has 1 aromatic heterocycles. The van der Waals surface area contributed by atoms with Gasteiger partial charge in [0.1, 0.15) is 11.7 Å². The number of fused-ring (bicyclic) bond motifs is 5. The number of carbonyl (C=O) groups excluding carboxylic acids is 1. The van der Waals surface area contributed by atoms with E-state index in [2.05, 4.69) is 41.6 Å². The van der Waals surface area contributed by atoms with Crippen molar-refractivity contribution in [1.82, 2.24) is 14.5 Å². The Labute approximate surface area is 190 Å². The van der Waals surface area contributed by atoms with E-state index in [4.69, 9.17) is 23.2 Å². The predicted octanol–water partition coefficient (Wildman–Crippen LogP) is 4.62. The van der Waals surface area contributed by atoms with Crippen LogP contribution in [0.4, 0.5) is 0 Å². The van der Waals surface area contributed by atoms with Gasteiger partial charge in [-0.1, -0.05) is 29.8 Å². The second-order valence-electron chi connectivity index (χ2n) is 8.90. The molecular weight excluding hydrogens is 433 g/mol. The van der Waals surface area contributed by atoms with Gasteiger partial charge in [-0.3, -0.25) is 14.2 Å². The third-order valence-electron chi connectivity index (χ3n) is 6.79. The van der Waals surface area contributed by atoms with E-state index in [9.17, 15) is 9.59 Å². The lowest BCUT2D eigenvalue weighted by atomic mass is 9.83. The lowest BCUT2D eigenvalue weighted by Gasteiger charge is -2.32. The molecule has 2 aromatic carbocycles. The average molecular weight is 456 g/mol. The Morgan fingerprint density at radius 2 is 1.94 bits per heavy atom. The normalized spacial score (nSPS) is 17.6. The number of rotatable bonds is 2. The Morgan fingerprint density at radius 3 is 2.65 bits per heavy atom. The van der Waals surface area contributed by atoms with Gasteiger partial charge in [0.25, 0.3) is 5.56 Å². The molecule has 1 fully saturated rings. The van der Waals surface area contributed by atoms with Crippen LogP contribution in [0.5, 0.6) is 0 Å². The highest BCUT2D eigenvalue weighted by Gasteiger charge is 2.39. The van der Waals surface area contributed by atoms with E-state index >= 15 is 0 Å². The van der Waals surface area contributed by atoms with E-state index in [1.807, 2.05) is 17.0 Å². The minimum atomic E-state index is -0.389. The fraction of sp³-hybridized carbons (Fsp3) is 0.375. The van der Waals surface area contributed by atoms with Crippen LogP contribution in [0.1, 0.15) is 49.6 Å². The zero-order valence-electron chi connectivity index (χ0n) is 17.5. The number of hydrogen-bond acceptors (Lipinski definition) is 3. The van der Waals surface area contributed by atoms with Gasteiger partial charge in [-0.05, 0) is 61.9 Å². The number of halogens is 2. The van der Waals surface area contributed by atoms with Crippen molar-refractivity contribution in [1.29, 1.82) is 0 Å². The molecule has 5 nitrogen and oxygen atoms in total. The molecule has 1 amide bonds. The maximum atomic E-state index is 12.8. The van der Waals surface area contributed by atoms with Gasteiger partial charge in [0, 0.05) is 13.1 Å². The van der Waals surface area contributed by atoms with Crippen LogP contribution in [-0.2, 0) is 10.2 Å². The number of piperidine rings is 1. The third kappa shape index (κ3) is 3.09. The number of hydrogen-bond donors (Lipinski definition) is 0. The van der Waals surface area contributed by atoms with Crippen LogP contribution < -0.4 is 5.56 Å². The molecule has 0 bridgehead atoms. The molecule has 2 aliphatic rings. The van der Waals surface area contributed by atoms with Crippen LogP contribution in [0.15, 0.2) is 41.2 Å². The largest absolute Gasteiger partial charge is 0.342 e. The number of benzene rings is 2. The molecule has 3 aromatic rings. The van der Waals surface area contributed by atoms with Crippen molar-refractivity contribution in [3.05, 3.63) is 68.7 Å². The van der Waals surface area contributed by atoms with Crippen LogP contribution in [0.25, 0.3) is 16.6 Å². The summed E-state index contributed by atoms with van der Waals surface area (Å²) >= 11 is 12.1. The molecule has 0 aliphatic carbocycles. The zero-order valence-corrected chi connectivity index (χ0v) is 19.0. The molecule has 0 N–H and O–H groups in total. The fourth-order valence-electron chi connectivity index (χ4n) is 5.07. The fourth-order valence-corrected chi connectivity index (χ4v) is 5.49. The van der Waals surface area contributed by atoms with Gasteiger partial charge in [0.2, 0.25) is 5.91 Å². The summed E-state index contributed by atoms with van der Waals surface area (Å²) in [5.74, 6) is 1.15. The SMILES string of the molecule is CC1(C)c2ccc(C3CCN(C(=O)CCl)CC3)cc2-n2c1nc(=O)c1c(Cl)cccc12. The maximum absolute atomic E-state index is 12.8. The molecule has 7 heteroatoms. The van der Waals surface area contributed by atoms with E-state index in [0.717, 1.165) is 48.5 Å². The first-order chi connectivity index (χ1) is 14.8. The summed E-state index contributed by atoms with van der Waals surface area (Å²) in [5.41, 5.74) is 3.55. The monoisotopic (exact) mass is 455 g/mol. The van der Waals surface area contributed by atoms with Crippen LogP contribution >= 0.6 is 23.2 Å². The van der Waals surface area contributed by atoms with Crippen molar-refractivity contribution >= 4 is 40.0 Å². The molecular formula is C24H23Cl2N3O2. The highest BCUT2D eigenvalue weighted by atomic mass is 35.5. The number of carbonyl (C=O) groups is 1. The quantitative estimate of drug-likeness (QED) is 0.529. The summed E-state index contributed by atoms with van der Waals surface area (Å²) in [5, 5.41) is 0.874. The van der Waals surface area contributed by atoms with E-state index in [0.29, 0.717) is 16.3 Å². The zero-order chi connectivity index (χ0) is 21.9. The summed E-state index contributed by atoms with van der Waals surface area (Å²) in [6, 6.07) is 12.1. The summed E-state index contributed by atoms with van der Waals surface area (Å²) < 4.78 is 2.09. The first-order valence-corrected chi connectivity index (χ1v) is 11.4. The van der Waals surface area contributed by atoms with Gasteiger partial charge in [-0.15, -0.1) is 11.6 Å². The van der Waals surface area contributed by atoms with Crippen molar-refractivity contribution in [2.45, 2.75) is 38.0 Å². The van der Waals surface area contributed by atoms with Crippen LogP contribution in [0.3, 0.4) is 0 Å². The van der Waals surface area contributed by atoms with Crippen LogP contribution in [0, 0.1) is 0 Å². The van der Waals surface area contributed by atoms with E-state index in [1.165, 1.54) is 5.56 Å². The average Bonchev–Trinajstić information content (AvgIpc) is 3.00. The molecule has 160 valence electrons. The van der Waals surface area contributed by atoms with Crippen molar-refractivity contribution in [2.75, 3.05) is 19.0 Å². The maximum Gasteiger partial charge on any atom is 0.282 e. The summed E-state index contributed by atoms with van der Waals surface area (Å²) in [6.07, 6.45) is 1.82. The molecule has 0 saturated carbocycles. The van der Waals surface area contributed by atoms with Crippen LogP contribution in [0.2, 0.25) is 5.02 Å².